The zero-order valence-corrected chi connectivity index (χ0v) is 21.3. The fraction of sp³-hybridized carbons (Fsp3) is 0.120. The van der Waals surface area contributed by atoms with Crippen molar-refractivity contribution in [3.63, 3.8) is 0 Å². The fourth-order valence-corrected chi connectivity index (χ4v) is 5.30. The summed E-state index contributed by atoms with van der Waals surface area (Å²) in [7, 11) is 1.61. The van der Waals surface area contributed by atoms with Crippen LogP contribution in [0.1, 0.15) is 16.7 Å². The van der Waals surface area contributed by atoms with E-state index in [1.807, 2.05) is 48.5 Å². The molecule has 0 saturated carbocycles. The SMILES string of the molecule is COc1cc(/C=C2/SC(=S)N(c3ccccc3)C2=O)cc(I)c1OCc1ccc(C)cc1. The number of ether oxygens (including phenoxy) is 2. The van der Waals surface area contributed by atoms with Crippen molar-refractivity contribution >= 4 is 68.6 Å². The summed E-state index contributed by atoms with van der Waals surface area (Å²) in [5.74, 6) is 1.18. The molecule has 3 aromatic carbocycles. The van der Waals surface area contributed by atoms with E-state index in [4.69, 9.17) is 21.7 Å². The van der Waals surface area contributed by atoms with Crippen molar-refractivity contribution in [1.29, 1.82) is 0 Å². The van der Waals surface area contributed by atoms with Gasteiger partial charge in [-0.25, -0.2) is 0 Å². The van der Waals surface area contributed by atoms with Gasteiger partial charge < -0.3 is 9.47 Å². The van der Waals surface area contributed by atoms with Crippen LogP contribution in [0.4, 0.5) is 5.69 Å². The van der Waals surface area contributed by atoms with Crippen LogP contribution < -0.4 is 14.4 Å². The van der Waals surface area contributed by atoms with Gasteiger partial charge in [0.25, 0.3) is 5.91 Å². The van der Waals surface area contributed by atoms with Crippen LogP contribution in [0.2, 0.25) is 0 Å². The maximum Gasteiger partial charge on any atom is 0.270 e. The highest BCUT2D eigenvalue weighted by molar-refractivity contribution is 14.1. The standard InChI is InChI=1S/C25H20INO3S2/c1-16-8-10-17(11-9-16)15-30-23-20(26)12-18(13-21(23)29-2)14-22-24(28)27(25(31)32-22)19-6-4-3-5-7-19/h3-14H,15H2,1-2H3/b22-14+. The van der Waals surface area contributed by atoms with Gasteiger partial charge >= 0.3 is 0 Å². The Kier molecular flexibility index (Phi) is 7.17. The third-order valence-corrected chi connectivity index (χ3v) is 6.96. The van der Waals surface area contributed by atoms with E-state index >= 15 is 0 Å². The molecule has 7 heteroatoms. The van der Waals surface area contributed by atoms with Crippen molar-refractivity contribution in [1.82, 2.24) is 0 Å². The van der Waals surface area contributed by atoms with Crippen molar-refractivity contribution in [2.75, 3.05) is 12.0 Å². The number of carbonyl (C=O) groups excluding carboxylic acids is 1. The number of nitrogens with zero attached hydrogens (tertiary/aromatic N) is 1. The average Bonchev–Trinajstić information content (AvgIpc) is 3.07. The van der Waals surface area contributed by atoms with Crippen LogP contribution in [-0.4, -0.2) is 17.3 Å². The quantitative estimate of drug-likeness (QED) is 0.189. The lowest BCUT2D eigenvalue weighted by molar-refractivity contribution is -0.113. The fourth-order valence-electron chi connectivity index (χ4n) is 3.22. The molecule has 0 spiro atoms. The number of rotatable bonds is 6. The van der Waals surface area contributed by atoms with Crippen LogP contribution in [0.5, 0.6) is 11.5 Å². The maximum atomic E-state index is 13.0. The lowest BCUT2D eigenvalue weighted by atomic mass is 10.1. The maximum absolute atomic E-state index is 13.0. The second kappa shape index (κ2) is 10.1. The van der Waals surface area contributed by atoms with Crippen LogP contribution >= 0.6 is 46.6 Å². The molecule has 4 nitrogen and oxygen atoms in total. The van der Waals surface area contributed by atoms with Crippen LogP contribution in [0.15, 0.2) is 71.6 Å². The lowest BCUT2D eigenvalue weighted by Gasteiger charge is -2.14. The molecule has 0 unspecified atom stereocenters. The van der Waals surface area contributed by atoms with E-state index in [9.17, 15) is 4.79 Å². The highest BCUT2D eigenvalue weighted by Crippen LogP contribution is 2.39. The van der Waals surface area contributed by atoms with Crippen LogP contribution in [0.25, 0.3) is 6.08 Å². The molecule has 0 N–H and O–H groups in total. The predicted octanol–water partition coefficient (Wildman–Crippen LogP) is 6.59. The molecule has 0 atom stereocenters. The van der Waals surface area contributed by atoms with E-state index in [1.165, 1.54) is 17.3 Å². The Labute approximate surface area is 210 Å². The molecular weight excluding hydrogens is 553 g/mol. The summed E-state index contributed by atoms with van der Waals surface area (Å²) >= 11 is 8.99. The zero-order valence-electron chi connectivity index (χ0n) is 17.5. The minimum Gasteiger partial charge on any atom is -0.493 e. The van der Waals surface area contributed by atoms with E-state index in [2.05, 4.69) is 53.8 Å². The number of hydrogen-bond acceptors (Lipinski definition) is 5. The smallest absolute Gasteiger partial charge is 0.270 e. The first kappa shape index (κ1) is 22.8. The molecule has 0 bridgehead atoms. The molecule has 1 aliphatic heterocycles. The minimum absolute atomic E-state index is 0.125. The summed E-state index contributed by atoms with van der Waals surface area (Å²) in [4.78, 5) is 15.1. The molecule has 1 aliphatic rings. The zero-order chi connectivity index (χ0) is 22.7. The molecule has 0 radical (unpaired) electrons. The molecule has 1 amide bonds. The number of carbonyl (C=O) groups is 1. The van der Waals surface area contributed by atoms with Gasteiger partial charge in [0.1, 0.15) is 6.61 Å². The van der Waals surface area contributed by atoms with Crippen molar-refractivity contribution in [3.05, 3.63) is 91.9 Å². The lowest BCUT2D eigenvalue weighted by Crippen LogP contribution is -2.27. The van der Waals surface area contributed by atoms with Gasteiger partial charge in [-0.2, -0.15) is 0 Å². The Morgan fingerprint density at radius 1 is 1.09 bits per heavy atom. The summed E-state index contributed by atoms with van der Waals surface area (Å²) in [6.45, 7) is 2.50. The van der Waals surface area contributed by atoms with E-state index in [1.54, 1.807) is 12.0 Å². The van der Waals surface area contributed by atoms with Gasteiger partial charge in [0, 0.05) is 0 Å². The second-order valence-corrected chi connectivity index (χ2v) is 10.00. The van der Waals surface area contributed by atoms with Crippen molar-refractivity contribution in [2.24, 2.45) is 0 Å². The summed E-state index contributed by atoms with van der Waals surface area (Å²) in [5.41, 5.74) is 3.91. The van der Waals surface area contributed by atoms with Gasteiger partial charge in [-0.3, -0.25) is 9.69 Å². The number of halogens is 1. The molecule has 1 fully saturated rings. The average molecular weight is 573 g/mol. The number of anilines is 1. The number of hydrogen-bond donors (Lipinski definition) is 0. The summed E-state index contributed by atoms with van der Waals surface area (Å²) in [5, 5.41) is 0. The molecule has 0 aromatic heterocycles. The van der Waals surface area contributed by atoms with Crippen LogP contribution in [0, 0.1) is 10.5 Å². The molecule has 4 rings (SSSR count). The van der Waals surface area contributed by atoms with Crippen LogP contribution in [-0.2, 0) is 11.4 Å². The normalized spacial score (nSPS) is 14.8. The van der Waals surface area contributed by atoms with E-state index < -0.39 is 0 Å². The molecular formula is C25H20INO3S2. The topological polar surface area (TPSA) is 38.8 Å². The molecule has 32 heavy (non-hydrogen) atoms. The van der Waals surface area contributed by atoms with Gasteiger partial charge in [-0.15, -0.1) is 0 Å². The first-order valence-electron chi connectivity index (χ1n) is 9.85. The number of benzene rings is 3. The van der Waals surface area contributed by atoms with E-state index in [-0.39, 0.29) is 5.91 Å². The summed E-state index contributed by atoms with van der Waals surface area (Å²) in [6.07, 6.45) is 1.84. The van der Waals surface area contributed by atoms with E-state index in [0.29, 0.717) is 27.3 Å². The van der Waals surface area contributed by atoms with Gasteiger partial charge in [-0.05, 0) is 71.0 Å². The van der Waals surface area contributed by atoms with Crippen LogP contribution in [0.3, 0.4) is 0 Å². The number of para-hydroxylation sites is 1. The van der Waals surface area contributed by atoms with Crippen molar-refractivity contribution in [3.8, 4) is 11.5 Å². The van der Waals surface area contributed by atoms with Crippen molar-refractivity contribution in [2.45, 2.75) is 13.5 Å². The third-order valence-electron chi connectivity index (χ3n) is 4.86. The number of methoxy groups -OCH3 is 1. The number of amides is 1. The number of thiocarbonyl (C=S) groups is 1. The Morgan fingerprint density at radius 2 is 1.81 bits per heavy atom. The number of aryl methyl sites for hydroxylation is 1. The largest absolute Gasteiger partial charge is 0.493 e. The summed E-state index contributed by atoms with van der Waals surface area (Å²) < 4.78 is 13.1. The molecule has 0 aliphatic carbocycles. The summed E-state index contributed by atoms with van der Waals surface area (Å²) in [6, 6.07) is 21.5. The monoisotopic (exact) mass is 573 g/mol. The number of thioether (sulfide) groups is 1. The van der Waals surface area contributed by atoms with Gasteiger partial charge in [0.05, 0.1) is 21.3 Å². The van der Waals surface area contributed by atoms with E-state index in [0.717, 1.165) is 20.4 Å². The molecule has 1 heterocycles. The highest BCUT2D eigenvalue weighted by atomic mass is 127. The van der Waals surface area contributed by atoms with Crippen molar-refractivity contribution < 1.29 is 14.3 Å². The minimum atomic E-state index is -0.125. The van der Waals surface area contributed by atoms with Gasteiger partial charge in [0.2, 0.25) is 0 Å². The first-order valence-corrected chi connectivity index (χ1v) is 12.2. The Bertz CT molecular complexity index is 1190. The Balaban J connectivity index is 1.57. The predicted molar refractivity (Wildman–Crippen MR) is 143 cm³/mol. The molecule has 162 valence electrons. The third kappa shape index (κ3) is 5.00. The van der Waals surface area contributed by atoms with Gasteiger partial charge in [-0.1, -0.05) is 72.0 Å². The highest BCUT2D eigenvalue weighted by Gasteiger charge is 2.33. The Hall–Kier alpha value is -2.36. The first-order chi connectivity index (χ1) is 15.5. The van der Waals surface area contributed by atoms with Gasteiger partial charge in [0.15, 0.2) is 15.8 Å². The molecule has 3 aromatic rings. The molecule has 1 saturated heterocycles. The second-order valence-electron chi connectivity index (χ2n) is 7.16. The Morgan fingerprint density at radius 3 is 2.50 bits per heavy atom.